The number of oxime groups is 1. The molecule has 3 rings (SSSR count). The van der Waals surface area contributed by atoms with Crippen molar-refractivity contribution in [1.82, 2.24) is 0 Å². The fourth-order valence-electron chi connectivity index (χ4n) is 3.25. The van der Waals surface area contributed by atoms with E-state index in [0.717, 1.165) is 11.1 Å². The average Bonchev–Trinajstić information content (AvgIpc) is 2.60. The van der Waals surface area contributed by atoms with Crippen molar-refractivity contribution in [2.75, 3.05) is 0 Å². The maximum atomic E-state index is 13.1. The summed E-state index contributed by atoms with van der Waals surface area (Å²) in [7, 11) is 0. The fraction of sp³-hybridized carbons (Fsp3) is 0.350. The topological polar surface area (TPSA) is 21.6 Å². The summed E-state index contributed by atoms with van der Waals surface area (Å²) in [4.78, 5) is 5.32. The van der Waals surface area contributed by atoms with Crippen molar-refractivity contribution in [1.29, 1.82) is 0 Å². The highest BCUT2D eigenvalue weighted by Crippen LogP contribution is 2.33. The normalized spacial score (nSPS) is 15.9. The van der Waals surface area contributed by atoms with Gasteiger partial charge in [0.25, 0.3) is 0 Å². The molecule has 0 N–H and O–H groups in total. The molecule has 2 aromatic rings. The predicted molar refractivity (Wildman–Crippen MR) is 91.1 cm³/mol. The van der Waals surface area contributed by atoms with Gasteiger partial charge in [-0.25, -0.2) is 4.39 Å². The second-order valence-electron chi connectivity index (χ2n) is 6.10. The minimum atomic E-state index is -0.252. The van der Waals surface area contributed by atoms with Gasteiger partial charge in [-0.3, -0.25) is 0 Å². The SMILES string of the molecule is Fc1cccc(CON=Cc2ccccc2C2CCCCC2)c1. The van der Waals surface area contributed by atoms with Gasteiger partial charge in [0.2, 0.25) is 0 Å². The standard InChI is InChI=1S/C20H22FNO/c21-19-11-6-7-16(13-19)15-23-22-14-18-10-4-5-12-20(18)17-8-2-1-3-9-17/h4-7,10-14,17H,1-3,8-9,15H2. The summed E-state index contributed by atoms with van der Waals surface area (Å²) in [5.41, 5.74) is 3.27. The van der Waals surface area contributed by atoms with Crippen molar-refractivity contribution in [3.63, 3.8) is 0 Å². The Kier molecular flexibility index (Phi) is 5.41. The largest absolute Gasteiger partial charge is 0.391 e. The highest BCUT2D eigenvalue weighted by atomic mass is 19.1. The van der Waals surface area contributed by atoms with E-state index in [2.05, 4.69) is 23.4 Å². The summed E-state index contributed by atoms with van der Waals surface area (Å²) in [6.07, 6.45) is 8.27. The highest BCUT2D eigenvalue weighted by Gasteiger charge is 2.17. The van der Waals surface area contributed by atoms with Gasteiger partial charge >= 0.3 is 0 Å². The Hall–Kier alpha value is -2.16. The van der Waals surface area contributed by atoms with Crippen LogP contribution in [0.5, 0.6) is 0 Å². The molecule has 1 aliphatic rings. The van der Waals surface area contributed by atoms with Crippen LogP contribution in [0, 0.1) is 5.82 Å². The van der Waals surface area contributed by atoms with Crippen LogP contribution in [0.4, 0.5) is 4.39 Å². The lowest BCUT2D eigenvalue weighted by molar-refractivity contribution is 0.132. The van der Waals surface area contributed by atoms with Gasteiger partial charge in [0, 0.05) is 0 Å². The van der Waals surface area contributed by atoms with Crippen LogP contribution in [0.25, 0.3) is 0 Å². The van der Waals surface area contributed by atoms with Crippen molar-refractivity contribution >= 4 is 6.21 Å². The highest BCUT2D eigenvalue weighted by molar-refractivity contribution is 5.81. The number of hydrogen-bond acceptors (Lipinski definition) is 2. The predicted octanol–water partition coefficient (Wildman–Crippen LogP) is 5.42. The third-order valence-corrected chi connectivity index (χ3v) is 4.43. The quantitative estimate of drug-likeness (QED) is 0.533. The Labute approximate surface area is 137 Å². The van der Waals surface area contributed by atoms with Gasteiger partial charge in [0.1, 0.15) is 12.4 Å². The molecular weight excluding hydrogens is 289 g/mol. The first-order chi connectivity index (χ1) is 11.3. The van der Waals surface area contributed by atoms with Crippen LogP contribution >= 0.6 is 0 Å². The van der Waals surface area contributed by atoms with Crippen molar-refractivity contribution in [3.8, 4) is 0 Å². The first-order valence-electron chi connectivity index (χ1n) is 8.31. The summed E-state index contributed by atoms with van der Waals surface area (Å²) < 4.78 is 13.1. The molecule has 0 saturated heterocycles. The van der Waals surface area contributed by atoms with E-state index in [1.807, 2.05) is 12.1 Å². The molecule has 0 aromatic heterocycles. The van der Waals surface area contributed by atoms with Crippen molar-refractivity contribution in [2.24, 2.45) is 5.16 Å². The molecule has 0 radical (unpaired) electrons. The van der Waals surface area contributed by atoms with Crippen LogP contribution in [-0.2, 0) is 11.4 Å². The smallest absolute Gasteiger partial charge is 0.142 e. The number of rotatable bonds is 5. The van der Waals surface area contributed by atoms with Crippen LogP contribution in [0.2, 0.25) is 0 Å². The summed E-state index contributed by atoms with van der Waals surface area (Å²) >= 11 is 0. The van der Waals surface area contributed by atoms with Crippen LogP contribution in [0.3, 0.4) is 0 Å². The Morgan fingerprint density at radius 1 is 1.04 bits per heavy atom. The molecule has 0 heterocycles. The molecular formula is C20H22FNO. The molecule has 0 unspecified atom stereocenters. The molecule has 0 amide bonds. The zero-order valence-corrected chi connectivity index (χ0v) is 13.2. The Balaban J connectivity index is 1.63. The van der Waals surface area contributed by atoms with E-state index in [9.17, 15) is 4.39 Å². The first kappa shape index (κ1) is 15.7. The fourth-order valence-corrected chi connectivity index (χ4v) is 3.25. The van der Waals surface area contributed by atoms with Crippen molar-refractivity contribution < 1.29 is 9.23 Å². The summed E-state index contributed by atoms with van der Waals surface area (Å²) in [5, 5.41) is 4.07. The van der Waals surface area contributed by atoms with Gasteiger partial charge < -0.3 is 4.84 Å². The minimum Gasteiger partial charge on any atom is -0.391 e. The van der Waals surface area contributed by atoms with E-state index in [0.29, 0.717) is 5.92 Å². The minimum absolute atomic E-state index is 0.252. The van der Waals surface area contributed by atoms with Crippen molar-refractivity contribution in [3.05, 3.63) is 71.0 Å². The lowest BCUT2D eigenvalue weighted by Gasteiger charge is -2.23. The molecule has 2 nitrogen and oxygen atoms in total. The lowest BCUT2D eigenvalue weighted by Crippen LogP contribution is -2.07. The van der Waals surface area contributed by atoms with Crippen LogP contribution in [0.1, 0.15) is 54.7 Å². The van der Waals surface area contributed by atoms with Crippen LogP contribution < -0.4 is 0 Å². The number of halogens is 1. The van der Waals surface area contributed by atoms with E-state index in [1.54, 1.807) is 12.3 Å². The van der Waals surface area contributed by atoms with Gasteiger partial charge in [0.15, 0.2) is 0 Å². The van der Waals surface area contributed by atoms with Gasteiger partial charge in [0.05, 0.1) is 6.21 Å². The maximum Gasteiger partial charge on any atom is 0.142 e. The van der Waals surface area contributed by atoms with E-state index in [-0.39, 0.29) is 12.4 Å². The van der Waals surface area contributed by atoms with Crippen LogP contribution in [-0.4, -0.2) is 6.21 Å². The first-order valence-corrected chi connectivity index (χ1v) is 8.31. The Bertz CT molecular complexity index is 662. The zero-order chi connectivity index (χ0) is 15.9. The molecule has 0 spiro atoms. The maximum absolute atomic E-state index is 13.1. The van der Waals surface area contributed by atoms with Gasteiger partial charge in [-0.05, 0) is 47.6 Å². The second-order valence-corrected chi connectivity index (χ2v) is 6.10. The molecule has 1 aliphatic carbocycles. The molecule has 120 valence electrons. The second kappa shape index (κ2) is 7.91. The van der Waals surface area contributed by atoms with Crippen molar-refractivity contribution in [2.45, 2.75) is 44.6 Å². The summed E-state index contributed by atoms with van der Waals surface area (Å²) in [5.74, 6) is 0.382. The van der Waals surface area contributed by atoms with Gasteiger partial charge in [-0.1, -0.05) is 60.8 Å². The summed E-state index contributed by atoms with van der Waals surface area (Å²) in [6, 6.07) is 14.8. The number of benzene rings is 2. The average molecular weight is 311 g/mol. The van der Waals surface area contributed by atoms with Crippen LogP contribution in [0.15, 0.2) is 53.7 Å². The molecule has 23 heavy (non-hydrogen) atoms. The number of hydrogen-bond donors (Lipinski definition) is 0. The molecule has 0 bridgehead atoms. The summed E-state index contributed by atoms with van der Waals surface area (Å²) in [6.45, 7) is 0.278. The zero-order valence-electron chi connectivity index (χ0n) is 13.2. The van der Waals surface area contributed by atoms with Gasteiger partial charge in [-0.15, -0.1) is 0 Å². The van der Waals surface area contributed by atoms with E-state index < -0.39 is 0 Å². The number of nitrogens with zero attached hydrogens (tertiary/aromatic N) is 1. The monoisotopic (exact) mass is 311 g/mol. The molecule has 0 atom stereocenters. The van der Waals surface area contributed by atoms with E-state index in [4.69, 9.17) is 4.84 Å². The molecule has 2 aromatic carbocycles. The Morgan fingerprint density at radius 2 is 1.87 bits per heavy atom. The molecule has 0 aliphatic heterocycles. The Morgan fingerprint density at radius 3 is 2.70 bits per heavy atom. The van der Waals surface area contributed by atoms with E-state index >= 15 is 0 Å². The third kappa shape index (κ3) is 4.41. The van der Waals surface area contributed by atoms with Gasteiger partial charge in [-0.2, -0.15) is 0 Å². The molecule has 1 saturated carbocycles. The van der Waals surface area contributed by atoms with E-state index in [1.165, 1.54) is 49.8 Å². The third-order valence-electron chi connectivity index (χ3n) is 4.43. The molecule has 1 fully saturated rings. The molecule has 3 heteroatoms. The lowest BCUT2D eigenvalue weighted by atomic mass is 9.82.